The number of halogens is 1. The van der Waals surface area contributed by atoms with E-state index in [0.29, 0.717) is 43.1 Å². The molecular weight excluding hydrogens is 435 g/mol. The number of nitrogens with zero attached hydrogens (tertiary/aromatic N) is 1. The van der Waals surface area contributed by atoms with Crippen molar-refractivity contribution >= 4 is 23.0 Å². The summed E-state index contributed by atoms with van der Waals surface area (Å²) >= 11 is 0. The first-order valence-corrected chi connectivity index (χ1v) is 11.6. The number of carboxylic acids is 1. The topological polar surface area (TPSA) is 80.6 Å². The van der Waals surface area contributed by atoms with E-state index in [9.17, 15) is 19.1 Å². The minimum absolute atomic E-state index is 0.177. The van der Waals surface area contributed by atoms with E-state index in [-0.39, 0.29) is 18.5 Å². The molecule has 3 aromatic rings. The minimum Gasteiger partial charge on any atom is -0.480 e. The predicted octanol–water partition coefficient (Wildman–Crippen LogP) is 5.33. The van der Waals surface area contributed by atoms with Gasteiger partial charge in [0.2, 0.25) is 0 Å². The molecule has 34 heavy (non-hydrogen) atoms. The number of ether oxygens (including phenoxy) is 1. The van der Waals surface area contributed by atoms with Crippen molar-refractivity contribution in [2.75, 3.05) is 0 Å². The number of aromatic nitrogens is 1. The van der Waals surface area contributed by atoms with Gasteiger partial charge in [0.25, 0.3) is 0 Å². The van der Waals surface area contributed by atoms with Gasteiger partial charge < -0.3 is 19.7 Å². The summed E-state index contributed by atoms with van der Waals surface area (Å²) in [5.41, 5.74) is 4.14. The lowest BCUT2D eigenvalue weighted by molar-refractivity contribution is -0.140. The molecular formula is C27H29FN2O4. The lowest BCUT2D eigenvalue weighted by atomic mass is 9.91. The minimum atomic E-state index is -0.916. The van der Waals surface area contributed by atoms with Crippen LogP contribution in [0.2, 0.25) is 0 Å². The average molecular weight is 465 g/mol. The van der Waals surface area contributed by atoms with Crippen LogP contribution in [0.3, 0.4) is 0 Å². The Morgan fingerprint density at radius 1 is 1.32 bits per heavy atom. The van der Waals surface area contributed by atoms with Crippen LogP contribution in [0.1, 0.15) is 48.2 Å². The van der Waals surface area contributed by atoms with Gasteiger partial charge in [-0.15, -0.1) is 6.58 Å². The number of alkyl carbamates (subject to hydrolysis) is 1. The fourth-order valence-corrected chi connectivity index (χ4v) is 4.94. The second-order valence-corrected chi connectivity index (χ2v) is 8.66. The maximum absolute atomic E-state index is 14.6. The van der Waals surface area contributed by atoms with Gasteiger partial charge in [0.05, 0.1) is 5.52 Å². The second-order valence-electron chi connectivity index (χ2n) is 8.66. The summed E-state index contributed by atoms with van der Waals surface area (Å²) in [5, 5.41) is 13.5. The lowest BCUT2D eigenvalue weighted by Gasteiger charge is -2.26. The molecule has 6 nitrogen and oxygen atoms in total. The largest absolute Gasteiger partial charge is 0.480 e. The van der Waals surface area contributed by atoms with Crippen molar-refractivity contribution in [1.82, 2.24) is 9.88 Å². The van der Waals surface area contributed by atoms with Crippen molar-refractivity contribution in [1.29, 1.82) is 0 Å². The summed E-state index contributed by atoms with van der Waals surface area (Å²) in [6.45, 7) is 5.79. The number of carbonyl (C=O) groups is 2. The molecule has 1 aliphatic carbocycles. The lowest BCUT2D eigenvalue weighted by Crippen LogP contribution is -2.39. The summed E-state index contributed by atoms with van der Waals surface area (Å²) in [7, 11) is 0. The number of amides is 1. The molecule has 178 valence electrons. The van der Waals surface area contributed by atoms with Gasteiger partial charge in [0.15, 0.2) is 0 Å². The maximum atomic E-state index is 14.6. The number of benzene rings is 2. The van der Waals surface area contributed by atoms with E-state index in [2.05, 4.69) is 11.9 Å². The van der Waals surface area contributed by atoms with Crippen LogP contribution >= 0.6 is 0 Å². The fourth-order valence-electron chi connectivity index (χ4n) is 4.94. The van der Waals surface area contributed by atoms with E-state index in [1.54, 1.807) is 6.08 Å². The van der Waals surface area contributed by atoms with E-state index in [4.69, 9.17) is 4.74 Å². The number of aliphatic carboxylic acids is 1. The van der Waals surface area contributed by atoms with Gasteiger partial charge in [-0.2, -0.15) is 0 Å². The van der Waals surface area contributed by atoms with Crippen LogP contribution in [0.25, 0.3) is 10.9 Å². The van der Waals surface area contributed by atoms with Gasteiger partial charge in [-0.05, 0) is 60.9 Å². The molecule has 0 bridgehead atoms. The fraction of sp³-hybridized carbons (Fsp3) is 0.333. The normalized spacial score (nSPS) is 16.0. The van der Waals surface area contributed by atoms with Crippen molar-refractivity contribution in [2.45, 2.75) is 57.7 Å². The number of hydrogen-bond acceptors (Lipinski definition) is 3. The predicted molar refractivity (Wildman–Crippen MR) is 128 cm³/mol. The summed E-state index contributed by atoms with van der Waals surface area (Å²) in [6, 6.07) is 11.4. The van der Waals surface area contributed by atoms with Gasteiger partial charge in [-0.1, -0.05) is 43.3 Å². The molecule has 2 atom stereocenters. The van der Waals surface area contributed by atoms with Crippen LogP contribution in [0.5, 0.6) is 0 Å². The van der Waals surface area contributed by atoms with Crippen LogP contribution < -0.4 is 5.32 Å². The van der Waals surface area contributed by atoms with Gasteiger partial charge in [-0.3, -0.25) is 0 Å². The Balaban J connectivity index is 1.65. The standard InChI is InChI=1S/C27H29FN2O4/c1-3-8-18-13-19(28)14-22-21-15-20(29-27(33)34-16-17-9-6-5-7-10-17)11-12-24(21)30(25(18)22)23(4-2)26(31)32/h3,5-7,9-10,13-14,20,23H,1,4,8,11-12,15-16H2,2H3,(H,29,33)(H,31,32)/t20-,23?/m0/s1. The van der Waals surface area contributed by atoms with Crippen LogP contribution in [0.4, 0.5) is 9.18 Å². The third kappa shape index (κ3) is 4.69. The van der Waals surface area contributed by atoms with Gasteiger partial charge in [0, 0.05) is 17.1 Å². The van der Waals surface area contributed by atoms with Crippen molar-refractivity contribution in [3.8, 4) is 0 Å². The average Bonchev–Trinajstić information content (AvgIpc) is 3.12. The molecule has 1 unspecified atom stereocenters. The number of nitrogens with one attached hydrogen (secondary N) is 1. The van der Waals surface area contributed by atoms with Crippen LogP contribution in [-0.4, -0.2) is 27.8 Å². The summed E-state index contributed by atoms with van der Waals surface area (Å²) in [6.07, 6.45) is 3.72. The maximum Gasteiger partial charge on any atom is 0.407 e. The van der Waals surface area contributed by atoms with E-state index >= 15 is 0 Å². The number of rotatable bonds is 8. The Morgan fingerprint density at radius 3 is 2.76 bits per heavy atom. The molecule has 0 saturated carbocycles. The Bertz CT molecular complexity index is 1220. The van der Waals surface area contributed by atoms with Gasteiger partial charge >= 0.3 is 12.1 Å². The monoisotopic (exact) mass is 464 g/mol. The number of hydrogen-bond donors (Lipinski definition) is 2. The Hall–Kier alpha value is -3.61. The molecule has 0 saturated heterocycles. The molecule has 0 fully saturated rings. The molecule has 2 aromatic carbocycles. The van der Waals surface area contributed by atoms with Crippen molar-refractivity contribution in [2.24, 2.45) is 0 Å². The van der Waals surface area contributed by atoms with Gasteiger partial charge in [-0.25, -0.2) is 14.0 Å². The van der Waals surface area contributed by atoms with E-state index in [1.165, 1.54) is 12.1 Å². The zero-order valence-electron chi connectivity index (χ0n) is 19.2. The SMILES string of the molecule is C=CCc1cc(F)cc2c3c(n(C(CC)C(=O)O)c12)CC[C@H](NC(=O)OCc1ccccc1)C3. The number of carboxylic acid groups (broad SMARTS) is 1. The second kappa shape index (κ2) is 10.1. The van der Waals surface area contributed by atoms with Crippen LogP contribution in [-0.2, 0) is 35.4 Å². The molecule has 1 amide bonds. The molecule has 0 aliphatic heterocycles. The summed E-state index contributed by atoms with van der Waals surface area (Å²) < 4.78 is 21.8. The Kier molecular flexibility index (Phi) is 7.01. The molecule has 7 heteroatoms. The Labute approximate surface area is 198 Å². The first-order chi connectivity index (χ1) is 16.4. The summed E-state index contributed by atoms with van der Waals surface area (Å²) in [5.74, 6) is -1.29. The zero-order chi connectivity index (χ0) is 24.2. The highest BCUT2D eigenvalue weighted by Gasteiger charge is 2.32. The number of carbonyl (C=O) groups excluding carboxylic acids is 1. The third-order valence-corrected chi connectivity index (χ3v) is 6.42. The quantitative estimate of drug-likeness (QED) is 0.442. The molecule has 4 rings (SSSR count). The summed E-state index contributed by atoms with van der Waals surface area (Å²) in [4.78, 5) is 24.5. The molecule has 1 heterocycles. The number of allylic oxidation sites excluding steroid dienone is 1. The van der Waals surface area contributed by atoms with Crippen LogP contribution in [0.15, 0.2) is 55.1 Å². The first kappa shape index (κ1) is 23.5. The van der Waals surface area contributed by atoms with E-state index in [0.717, 1.165) is 22.3 Å². The molecule has 1 aromatic heterocycles. The highest BCUT2D eigenvalue weighted by atomic mass is 19.1. The van der Waals surface area contributed by atoms with E-state index < -0.39 is 18.1 Å². The smallest absolute Gasteiger partial charge is 0.407 e. The molecule has 0 radical (unpaired) electrons. The third-order valence-electron chi connectivity index (χ3n) is 6.42. The van der Waals surface area contributed by atoms with Crippen molar-refractivity contribution in [3.05, 3.63) is 83.3 Å². The molecule has 1 aliphatic rings. The highest BCUT2D eigenvalue weighted by Crippen LogP contribution is 2.38. The van der Waals surface area contributed by atoms with E-state index in [1.807, 2.05) is 41.8 Å². The number of fused-ring (bicyclic) bond motifs is 3. The van der Waals surface area contributed by atoms with Crippen molar-refractivity contribution < 1.29 is 23.8 Å². The van der Waals surface area contributed by atoms with Gasteiger partial charge in [0.1, 0.15) is 18.5 Å². The Morgan fingerprint density at radius 2 is 2.09 bits per heavy atom. The first-order valence-electron chi connectivity index (χ1n) is 11.6. The molecule has 2 N–H and O–H groups in total. The van der Waals surface area contributed by atoms with Crippen molar-refractivity contribution in [3.63, 3.8) is 0 Å². The van der Waals surface area contributed by atoms with Crippen LogP contribution in [0, 0.1) is 5.82 Å². The highest BCUT2D eigenvalue weighted by molar-refractivity contribution is 5.91. The molecule has 0 spiro atoms. The zero-order valence-corrected chi connectivity index (χ0v) is 19.2.